The van der Waals surface area contributed by atoms with Crippen LogP contribution in [0.1, 0.15) is 37.5 Å². The summed E-state index contributed by atoms with van der Waals surface area (Å²) in [6, 6.07) is 11.8. The first-order valence-electron chi connectivity index (χ1n) is 10.3. The van der Waals surface area contributed by atoms with Crippen molar-refractivity contribution in [3.63, 3.8) is 0 Å². The van der Waals surface area contributed by atoms with Crippen LogP contribution in [0.2, 0.25) is 0 Å². The van der Waals surface area contributed by atoms with Gasteiger partial charge < -0.3 is 19.7 Å². The number of halogens is 1. The third-order valence-corrected chi connectivity index (χ3v) is 5.09. The molecule has 0 saturated carbocycles. The Labute approximate surface area is 182 Å². The van der Waals surface area contributed by atoms with Crippen molar-refractivity contribution in [1.82, 2.24) is 5.32 Å². The fraction of sp³-hybridized carbons (Fsp3) is 0.417. The Morgan fingerprint density at radius 2 is 1.84 bits per heavy atom. The molecular weight excluding hydrogens is 399 g/mol. The third kappa shape index (κ3) is 6.20. The van der Waals surface area contributed by atoms with Gasteiger partial charge >= 0.3 is 12.1 Å². The smallest absolute Gasteiger partial charge is 0.408 e. The topological polar surface area (TPSA) is 67.9 Å². The Morgan fingerprint density at radius 3 is 2.48 bits per heavy atom. The van der Waals surface area contributed by atoms with Crippen molar-refractivity contribution in [3.05, 3.63) is 65.0 Å². The fourth-order valence-electron chi connectivity index (χ4n) is 3.63. The summed E-state index contributed by atoms with van der Waals surface area (Å²) in [5.74, 6) is -0.767. The molecule has 1 aliphatic heterocycles. The van der Waals surface area contributed by atoms with E-state index in [0.29, 0.717) is 6.42 Å². The van der Waals surface area contributed by atoms with Crippen LogP contribution < -0.4 is 10.2 Å². The lowest BCUT2D eigenvalue weighted by molar-refractivity contribution is -0.143. The lowest BCUT2D eigenvalue weighted by Gasteiger charge is -2.31. The molecular formula is C24H29FN2O4. The second-order valence-corrected chi connectivity index (χ2v) is 8.68. The highest BCUT2D eigenvalue weighted by Gasteiger charge is 2.26. The molecule has 2 aromatic rings. The van der Waals surface area contributed by atoms with E-state index in [1.54, 1.807) is 32.9 Å². The van der Waals surface area contributed by atoms with Crippen LogP contribution >= 0.6 is 0 Å². The summed E-state index contributed by atoms with van der Waals surface area (Å²) >= 11 is 0. The van der Waals surface area contributed by atoms with E-state index >= 15 is 0 Å². The molecule has 0 radical (unpaired) electrons. The normalized spacial score (nSPS) is 14.4. The SMILES string of the molecule is COC(=O)[C@H](Cc1ccc2c(c1)CCN(c1ccc(F)cc1)C2)NC(=O)OC(C)(C)C. The summed E-state index contributed by atoms with van der Waals surface area (Å²) in [5.41, 5.74) is 3.65. The van der Waals surface area contributed by atoms with E-state index in [1.807, 2.05) is 12.1 Å². The first-order chi connectivity index (χ1) is 14.6. The van der Waals surface area contributed by atoms with Gasteiger partial charge in [-0.3, -0.25) is 0 Å². The molecule has 0 saturated heterocycles. The molecule has 1 atom stereocenters. The minimum Gasteiger partial charge on any atom is -0.467 e. The van der Waals surface area contributed by atoms with Crippen LogP contribution in [0.25, 0.3) is 0 Å². The first kappa shape index (κ1) is 22.6. The Balaban J connectivity index is 1.70. The second kappa shape index (κ2) is 9.37. The quantitative estimate of drug-likeness (QED) is 0.730. The standard InChI is InChI=1S/C24H29FN2O4/c1-24(2,3)31-23(29)26-21(22(28)30-4)14-16-5-6-18-15-27(12-11-17(18)13-16)20-9-7-19(25)8-10-20/h5-10,13,21H,11-12,14-15H2,1-4H3,(H,26,29)/t21-/m0/s1. The van der Waals surface area contributed by atoms with Crippen molar-refractivity contribution < 1.29 is 23.5 Å². The van der Waals surface area contributed by atoms with Gasteiger partial charge in [-0.2, -0.15) is 0 Å². The van der Waals surface area contributed by atoms with E-state index < -0.39 is 23.7 Å². The second-order valence-electron chi connectivity index (χ2n) is 8.68. The van der Waals surface area contributed by atoms with Crippen molar-refractivity contribution in [2.75, 3.05) is 18.6 Å². The number of methoxy groups -OCH3 is 1. The molecule has 166 valence electrons. The van der Waals surface area contributed by atoms with E-state index in [2.05, 4.69) is 16.3 Å². The summed E-state index contributed by atoms with van der Waals surface area (Å²) in [4.78, 5) is 26.5. The number of fused-ring (bicyclic) bond motifs is 1. The maximum absolute atomic E-state index is 13.2. The molecule has 7 heteroatoms. The summed E-state index contributed by atoms with van der Waals surface area (Å²) in [7, 11) is 1.29. The summed E-state index contributed by atoms with van der Waals surface area (Å²) in [5, 5.41) is 2.61. The largest absolute Gasteiger partial charge is 0.467 e. The Bertz CT molecular complexity index is 938. The molecule has 1 heterocycles. The van der Waals surface area contributed by atoms with Crippen molar-refractivity contribution in [2.45, 2.75) is 51.8 Å². The Hall–Kier alpha value is -3.09. The van der Waals surface area contributed by atoms with Gasteiger partial charge in [0.05, 0.1) is 7.11 Å². The average Bonchev–Trinajstić information content (AvgIpc) is 2.71. The van der Waals surface area contributed by atoms with Crippen molar-refractivity contribution >= 4 is 17.7 Å². The molecule has 0 aromatic heterocycles. The van der Waals surface area contributed by atoms with Crippen LogP contribution in [0.15, 0.2) is 42.5 Å². The summed E-state index contributed by atoms with van der Waals surface area (Å²) in [6.45, 7) is 6.84. The molecule has 2 aromatic carbocycles. The minimum atomic E-state index is -0.836. The van der Waals surface area contributed by atoms with Gasteiger partial charge in [0, 0.05) is 25.2 Å². The van der Waals surface area contributed by atoms with Crippen molar-refractivity contribution in [2.24, 2.45) is 0 Å². The van der Waals surface area contributed by atoms with Gasteiger partial charge in [-0.1, -0.05) is 18.2 Å². The summed E-state index contributed by atoms with van der Waals surface area (Å²) in [6.07, 6.45) is 0.486. The molecule has 0 aliphatic carbocycles. The minimum absolute atomic E-state index is 0.244. The number of benzene rings is 2. The molecule has 1 N–H and O–H groups in total. The molecule has 0 spiro atoms. The van der Waals surface area contributed by atoms with Crippen LogP contribution in [0.4, 0.5) is 14.9 Å². The van der Waals surface area contributed by atoms with Crippen LogP contribution in [-0.4, -0.2) is 37.4 Å². The van der Waals surface area contributed by atoms with Crippen molar-refractivity contribution in [1.29, 1.82) is 0 Å². The average molecular weight is 429 g/mol. The summed E-state index contributed by atoms with van der Waals surface area (Å²) < 4.78 is 23.3. The van der Waals surface area contributed by atoms with Crippen molar-refractivity contribution in [3.8, 4) is 0 Å². The van der Waals surface area contributed by atoms with E-state index in [-0.39, 0.29) is 5.82 Å². The number of nitrogens with one attached hydrogen (secondary N) is 1. The van der Waals surface area contributed by atoms with Crippen LogP contribution in [0.5, 0.6) is 0 Å². The number of amides is 1. The molecule has 0 bridgehead atoms. The number of alkyl carbamates (subject to hydrolysis) is 1. The first-order valence-corrected chi connectivity index (χ1v) is 10.3. The maximum Gasteiger partial charge on any atom is 0.408 e. The highest BCUT2D eigenvalue weighted by molar-refractivity contribution is 5.81. The van der Waals surface area contributed by atoms with E-state index in [4.69, 9.17) is 9.47 Å². The highest BCUT2D eigenvalue weighted by Crippen LogP contribution is 2.26. The molecule has 0 fully saturated rings. The molecule has 1 aliphatic rings. The number of ether oxygens (including phenoxy) is 2. The zero-order chi connectivity index (χ0) is 22.6. The van der Waals surface area contributed by atoms with E-state index in [9.17, 15) is 14.0 Å². The number of rotatable bonds is 5. The number of esters is 1. The zero-order valence-corrected chi connectivity index (χ0v) is 18.4. The fourth-order valence-corrected chi connectivity index (χ4v) is 3.63. The van der Waals surface area contributed by atoms with Crippen LogP contribution in [0, 0.1) is 5.82 Å². The maximum atomic E-state index is 13.2. The lowest BCUT2D eigenvalue weighted by atomic mass is 9.94. The molecule has 1 amide bonds. The number of carbonyl (C=O) groups excluding carboxylic acids is 2. The number of hydrogen-bond acceptors (Lipinski definition) is 5. The highest BCUT2D eigenvalue weighted by atomic mass is 19.1. The zero-order valence-electron chi connectivity index (χ0n) is 18.4. The molecule has 6 nitrogen and oxygen atoms in total. The number of carbonyl (C=O) groups is 2. The van der Waals surface area contributed by atoms with Gasteiger partial charge in [0.1, 0.15) is 17.5 Å². The van der Waals surface area contributed by atoms with Crippen LogP contribution in [0.3, 0.4) is 0 Å². The monoisotopic (exact) mass is 428 g/mol. The predicted octanol–water partition coefficient (Wildman–Crippen LogP) is 4.00. The lowest BCUT2D eigenvalue weighted by Crippen LogP contribution is -2.45. The number of hydrogen-bond donors (Lipinski definition) is 1. The molecule has 31 heavy (non-hydrogen) atoms. The molecule has 0 unspecified atom stereocenters. The number of nitrogens with zero attached hydrogens (tertiary/aromatic N) is 1. The number of anilines is 1. The Morgan fingerprint density at radius 1 is 1.13 bits per heavy atom. The van der Waals surface area contributed by atoms with Gasteiger partial charge in [0.25, 0.3) is 0 Å². The third-order valence-electron chi connectivity index (χ3n) is 5.09. The van der Waals surface area contributed by atoms with Gasteiger partial charge in [0.15, 0.2) is 0 Å². The van der Waals surface area contributed by atoms with Gasteiger partial charge in [0.2, 0.25) is 0 Å². The van der Waals surface area contributed by atoms with Gasteiger partial charge in [-0.25, -0.2) is 14.0 Å². The van der Waals surface area contributed by atoms with Gasteiger partial charge in [-0.05, 0) is 68.1 Å². The Kier molecular flexibility index (Phi) is 6.83. The van der Waals surface area contributed by atoms with E-state index in [0.717, 1.165) is 30.8 Å². The van der Waals surface area contributed by atoms with E-state index in [1.165, 1.54) is 30.4 Å². The van der Waals surface area contributed by atoms with Crippen LogP contribution in [-0.2, 0) is 33.7 Å². The predicted molar refractivity (Wildman–Crippen MR) is 116 cm³/mol. The molecule has 3 rings (SSSR count). The van der Waals surface area contributed by atoms with Gasteiger partial charge in [-0.15, -0.1) is 0 Å².